The summed E-state index contributed by atoms with van der Waals surface area (Å²) in [5.74, 6) is -0.655. The number of ketones is 1. The number of anilines is 1. The zero-order valence-electron chi connectivity index (χ0n) is 15.4. The van der Waals surface area contributed by atoms with E-state index in [4.69, 9.17) is 9.47 Å². The smallest absolute Gasteiger partial charge is 0.341 e. The highest BCUT2D eigenvalue weighted by molar-refractivity contribution is 9.10. The van der Waals surface area contributed by atoms with Crippen LogP contribution in [-0.2, 0) is 9.53 Å². The zero-order valence-corrected chi connectivity index (χ0v) is 17.8. The molecule has 1 aromatic heterocycles. The number of rotatable bonds is 7. The molecule has 0 saturated heterocycles. The van der Waals surface area contributed by atoms with Crippen LogP contribution in [0.15, 0.2) is 28.7 Å². The normalized spacial score (nSPS) is 11.6. The molecule has 2 rings (SSSR count). The number of benzene rings is 1. The van der Waals surface area contributed by atoms with Gasteiger partial charge in [0, 0.05) is 4.47 Å². The third kappa shape index (κ3) is 5.17. The number of Topliss-reactive ketones (excluding diaryl/α,β-unsaturated/α-hetero) is 1. The summed E-state index contributed by atoms with van der Waals surface area (Å²) in [7, 11) is 0. The highest BCUT2D eigenvalue weighted by atomic mass is 79.9. The number of thiophene rings is 1. The third-order valence-corrected chi connectivity index (χ3v) is 5.46. The van der Waals surface area contributed by atoms with Crippen LogP contribution in [0.25, 0.3) is 0 Å². The first kappa shape index (κ1) is 21.1. The molecular formula is C19H20BrNO5S. The van der Waals surface area contributed by atoms with E-state index in [9.17, 15) is 14.4 Å². The fourth-order valence-electron chi connectivity index (χ4n) is 2.40. The summed E-state index contributed by atoms with van der Waals surface area (Å²) in [6, 6.07) is 7.13. The maximum absolute atomic E-state index is 12.5. The summed E-state index contributed by atoms with van der Waals surface area (Å²) in [4.78, 5) is 37.1. The molecule has 1 N–H and O–H groups in total. The number of amides is 1. The van der Waals surface area contributed by atoms with Crippen molar-refractivity contribution in [1.29, 1.82) is 0 Å². The summed E-state index contributed by atoms with van der Waals surface area (Å²) in [6.45, 7) is 6.57. The fraction of sp³-hybridized carbons (Fsp3) is 0.316. The van der Waals surface area contributed by atoms with E-state index >= 15 is 0 Å². The second kappa shape index (κ2) is 9.14. The number of halogens is 1. The van der Waals surface area contributed by atoms with E-state index in [-0.39, 0.29) is 23.0 Å². The molecule has 27 heavy (non-hydrogen) atoms. The first-order valence-electron chi connectivity index (χ1n) is 8.29. The van der Waals surface area contributed by atoms with E-state index in [1.807, 2.05) is 6.07 Å². The Hall–Kier alpha value is -2.19. The summed E-state index contributed by atoms with van der Waals surface area (Å²) in [5, 5.41) is 2.97. The molecule has 0 aliphatic rings. The molecule has 0 unspecified atom stereocenters. The average Bonchev–Trinajstić information content (AvgIpc) is 2.91. The van der Waals surface area contributed by atoms with Crippen molar-refractivity contribution in [1.82, 2.24) is 0 Å². The lowest BCUT2D eigenvalue weighted by Gasteiger charge is -2.15. The van der Waals surface area contributed by atoms with E-state index in [0.29, 0.717) is 16.2 Å². The third-order valence-electron chi connectivity index (χ3n) is 3.66. The topological polar surface area (TPSA) is 81.7 Å². The van der Waals surface area contributed by atoms with Gasteiger partial charge in [-0.1, -0.05) is 22.0 Å². The summed E-state index contributed by atoms with van der Waals surface area (Å²) in [6.07, 6.45) is -0.808. The molecule has 1 aromatic carbocycles. The van der Waals surface area contributed by atoms with Crippen molar-refractivity contribution in [3.05, 3.63) is 44.7 Å². The molecule has 144 valence electrons. The van der Waals surface area contributed by atoms with E-state index in [1.54, 1.807) is 39.0 Å². The molecule has 0 spiro atoms. The number of carbonyl (C=O) groups excluding carboxylic acids is 3. The Labute approximate surface area is 170 Å². The lowest BCUT2D eigenvalue weighted by molar-refractivity contribution is -0.122. The zero-order chi connectivity index (χ0) is 20.1. The molecule has 0 aliphatic heterocycles. The van der Waals surface area contributed by atoms with Gasteiger partial charge in [0.05, 0.1) is 17.0 Å². The van der Waals surface area contributed by atoms with Gasteiger partial charge >= 0.3 is 5.97 Å². The van der Waals surface area contributed by atoms with Gasteiger partial charge in [-0.05, 0) is 51.5 Å². The predicted molar refractivity (Wildman–Crippen MR) is 108 cm³/mol. The second-order valence-electron chi connectivity index (χ2n) is 5.74. The van der Waals surface area contributed by atoms with Crippen LogP contribution in [0.2, 0.25) is 0 Å². The van der Waals surface area contributed by atoms with Gasteiger partial charge in [-0.15, -0.1) is 11.3 Å². The Morgan fingerprint density at radius 2 is 2.00 bits per heavy atom. The van der Waals surface area contributed by atoms with Gasteiger partial charge in [-0.3, -0.25) is 9.59 Å². The molecular weight excluding hydrogens is 434 g/mol. The van der Waals surface area contributed by atoms with Crippen molar-refractivity contribution in [2.75, 3.05) is 11.9 Å². The molecule has 0 fully saturated rings. The van der Waals surface area contributed by atoms with Crippen LogP contribution in [0.1, 0.15) is 46.4 Å². The molecule has 0 saturated carbocycles. The summed E-state index contributed by atoms with van der Waals surface area (Å²) in [5.41, 5.74) is 0.705. The van der Waals surface area contributed by atoms with Crippen LogP contribution >= 0.6 is 27.3 Å². The van der Waals surface area contributed by atoms with Crippen LogP contribution in [0.3, 0.4) is 0 Å². The van der Waals surface area contributed by atoms with Crippen LogP contribution in [0, 0.1) is 6.92 Å². The molecule has 6 nitrogen and oxygen atoms in total. The standard InChI is InChI=1S/C19H20BrNO5S/c1-5-25-19(24)15-10(2)16(11(3)22)27-18(15)21-17(23)12(4)26-14-8-6-7-13(20)9-14/h6-9,12H,5H2,1-4H3,(H,21,23)/t12-/m0/s1. The predicted octanol–water partition coefficient (Wildman–Crippen LogP) is 4.60. The van der Waals surface area contributed by atoms with Crippen molar-refractivity contribution in [2.45, 2.75) is 33.8 Å². The molecule has 1 amide bonds. The van der Waals surface area contributed by atoms with Crippen molar-refractivity contribution in [3.8, 4) is 5.75 Å². The Balaban J connectivity index is 2.24. The molecule has 8 heteroatoms. The molecule has 1 atom stereocenters. The quantitative estimate of drug-likeness (QED) is 0.489. The largest absolute Gasteiger partial charge is 0.481 e. The second-order valence-corrected chi connectivity index (χ2v) is 7.68. The van der Waals surface area contributed by atoms with Crippen molar-refractivity contribution in [3.63, 3.8) is 0 Å². The van der Waals surface area contributed by atoms with E-state index < -0.39 is 18.0 Å². The van der Waals surface area contributed by atoms with Crippen LogP contribution in [0.4, 0.5) is 5.00 Å². The lowest BCUT2D eigenvalue weighted by atomic mass is 10.1. The highest BCUT2D eigenvalue weighted by Crippen LogP contribution is 2.34. The summed E-state index contributed by atoms with van der Waals surface area (Å²) >= 11 is 4.40. The molecule has 1 heterocycles. The average molecular weight is 454 g/mol. The minimum atomic E-state index is -0.808. The Morgan fingerprint density at radius 1 is 1.30 bits per heavy atom. The number of hydrogen-bond acceptors (Lipinski definition) is 6. The van der Waals surface area contributed by atoms with Crippen molar-refractivity contribution >= 4 is 49.9 Å². The maximum Gasteiger partial charge on any atom is 0.341 e. The first-order valence-corrected chi connectivity index (χ1v) is 9.90. The Morgan fingerprint density at radius 3 is 2.59 bits per heavy atom. The molecule has 0 aliphatic carbocycles. The first-order chi connectivity index (χ1) is 12.7. The van der Waals surface area contributed by atoms with Gasteiger partial charge in [0.1, 0.15) is 10.8 Å². The number of hydrogen-bond donors (Lipinski definition) is 1. The lowest BCUT2D eigenvalue weighted by Crippen LogP contribution is -2.30. The van der Waals surface area contributed by atoms with Crippen molar-refractivity contribution in [2.24, 2.45) is 0 Å². The molecule has 0 radical (unpaired) electrons. The summed E-state index contributed by atoms with van der Waals surface area (Å²) < 4.78 is 11.5. The van der Waals surface area contributed by atoms with Gasteiger partial charge in [0.2, 0.25) is 0 Å². The van der Waals surface area contributed by atoms with Gasteiger partial charge < -0.3 is 14.8 Å². The Kier molecular flexibility index (Phi) is 7.15. The minimum absolute atomic E-state index is 0.179. The van der Waals surface area contributed by atoms with Crippen LogP contribution in [-0.4, -0.2) is 30.4 Å². The fourth-order valence-corrected chi connectivity index (χ4v) is 3.87. The van der Waals surface area contributed by atoms with Gasteiger partial charge in [-0.25, -0.2) is 4.79 Å². The molecule has 2 aromatic rings. The number of ether oxygens (including phenoxy) is 2. The minimum Gasteiger partial charge on any atom is -0.481 e. The molecule has 0 bridgehead atoms. The van der Waals surface area contributed by atoms with E-state index in [0.717, 1.165) is 15.8 Å². The number of nitrogens with one attached hydrogen (secondary N) is 1. The van der Waals surface area contributed by atoms with Gasteiger partial charge in [-0.2, -0.15) is 0 Å². The van der Waals surface area contributed by atoms with E-state index in [1.165, 1.54) is 6.92 Å². The van der Waals surface area contributed by atoms with Crippen molar-refractivity contribution < 1.29 is 23.9 Å². The van der Waals surface area contributed by atoms with Crippen LogP contribution < -0.4 is 10.1 Å². The van der Waals surface area contributed by atoms with E-state index in [2.05, 4.69) is 21.2 Å². The number of esters is 1. The van der Waals surface area contributed by atoms with Crippen LogP contribution in [0.5, 0.6) is 5.75 Å². The highest BCUT2D eigenvalue weighted by Gasteiger charge is 2.26. The van der Waals surface area contributed by atoms with Gasteiger partial charge in [0.25, 0.3) is 5.91 Å². The van der Waals surface area contributed by atoms with Gasteiger partial charge in [0.15, 0.2) is 11.9 Å². The SMILES string of the molecule is CCOC(=O)c1c(NC(=O)[C@H](C)Oc2cccc(Br)c2)sc(C(C)=O)c1C. The number of carbonyl (C=O) groups is 3. The maximum atomic E-state index is 12.5. The Bertz CT molecular complexity index is 877. The monoisotopic (exact) mass is 453 g/mol.